The van der Waals surface area contributed by atoms with E-state index >= 15 is 0 Å². The van der Waals surface area contributed by atoms with Gasteiger partial charge in [0.15, 0.2) is 16.6 Å². The van der Waals surface area contributed by atoms with Crippen LogP contribution in [0.5, 0.6) is 23.0 Å². The summed E-state index contributed by atoms with van der Waals surface area (Å²) in [6.07, 6.45) is 5.13. The highest BCUT2D eigenvalue weighted by atomic mass is 127. The van der Waals surface area contributed by atoms with E-state index in [1.165, 1.54) is 42.7 Å². The van der Waals surface area contributed by atoms with Crippen LogP contribution in [0.15, 0.2) is 24.3 Å². The standard InChI is InChI=1S/C19H28O5Si.C10H11IO4.C9H18OSi/c1-19(2,3)25(7,8)24-11-9-10-15-16(21-4)12-14(18(20)23-6)13-17(15)22-5;1-13-7-4-6(10(12)15-3)5-8(14-2)9(7)11;1-7-8-10-11(5,6)9(2,3)4/h12-13H,11H2,1-8H3;4-5H,1-3H3;1H,8H2,2-6H3. The summed E-state index contributed by atoms with van der Waals surface area (Å²) in [5.74, 6) is 9.80. The van der Waals surface area contributed by atoms with Crippen molar-refractivity contribution < 1.29 is 46.9 Å². The molecule has 0 aliphatic heterocycles. The zero-order valence-electron chi connectivity index (χ0n) is 33.3. The summed E-state index contributed by atoms with van der Waals surface area (Å²) < 4.78 is 42.8. The fourth-order valence-corrected chi connectivity index (χ4v) is 5.87. The Morgan fingerprint density at radius 3 is 1.27 bits per heavy atom. The van der Waals surface area contributed by atoms with Crippen LogP contribution in [0.2, 0.25) is 36.3 Å². The van der Waals surface area contributed by atoms with Crippen LogP contribution in [0, 0.1) is 27.8 Å². The predicted molar refractivity (Wildman–Crippen MR) is 216 cm³/mol. The Kier molecular flexibility index (Phi) is 20.0. The van der Waals surface area contributed by atoms with Gasteiger partial charge in [-0.2, -0.15) is 0 Å². The number of carbonyl (C=O) groups is 2. The Balaban J connectivity index is 0.000000814. The summed E-state index contributed by atoms with van der Waals surface area (Å²) in [6.45, 7) is 22.7. The Labute approximate surface area is 321 Å². The molecule has 0 heterocycles. The van der Waals surface area contributed by atoms with Crippen LogP contribution in [0.1, 0.15) is 67.8 Å². The lowest BCUT2D eigenvalue weighted by atomic mass is 10.1. The zero-order chi connectivity index (χ0) is 39.8. The van der Waals surface area contributed by atoms with Gasteiger partial charge in [0.25, 0.3) is 0 Å². The molecule has 0 bridgehead atoms. The molecule has 0 atom stereocenters. The molecule has 10 nitrogen and oxygen atoms in total. The highest BCUT2D eigenvalue weighted by Gasteiger charge is 2.37. The SMILES string of the molecule is C#CCO[Si](C)(C)C(C)(C)C.COC(=O)c1cc(OC)c(C#CCO[Si](C)(C)C(C)(C)C)c(OC)c1.COC(=O)c1cc(OC)c(I)c(OC)c1. The van der Waals surface area contributed by atoms with Crippen molar-refractivity contribution >= 4 is 51.2 Å². The van der Waals surface area contributed by atoms with Gasteiger partial charge in [-0.1, -0.05) is 59.3 Å². The Morgan fingerprint density at radius 2 is 0.980 bits per heavy atom. The number of rotatable bonds is 10. The van der Waals surface area contributed by atoms with Crippen molar-refractivity contribution in [1.82, 2.24) is 0 Å². The lowest BCUT2D eigenvalue weighted by Crippen LogP contribution is -2.40. The van der Waals surface area contributed by atoms with Crippen LogP contribution < -0.4 is 18.9 Å². The van der Waals surface area contributed by atoms with Crippen LogP contribution in [-0.4, -0.2) is 84.4 Å². The largest absolute Gasteiger partial charge is 0.495 e. The summed E-state index contributed by atoms with van der Waals surface area (Å²) in [5, 5.41) is 0.399. The smallest absolute Gasteiger partial charge is 0.338 e. The van der Waals surface area contributed by atoms with Gasteiger partial charge in [-0.15, -0.1) is 6.42 Å². The summed E-state index contributed by atoms with van der Waals surface area (Å²) >= 11 is 2.09. The second kappa shape index (κ2) is 21.3. The molecule has 0 amide bonds. The van der Waals surface area contributed by atoms with Gasteiger partial charge in [-0.25, -0.2) is 9.59 Å². The second-order valence-electron chi connectivity index (χ2n) is 14.0. The first-order chi connectivity index (χ1) is 23.5. The molecule has 0 unspecified atom stereocenters. The van der Waals surface area contributed by atoms with Crippen LogP contribution in [0.3, 0.4) is 0 Å². The molecule has 51 heavy (non-hydrogen) atoms. The lowest BCUT2D eigenvalue weighted by Gasteiger charge is -2.35. The summed E-state index contributed by atoms with van der Waals surface area (Å²) in [5.41, 5.74) is 1.34. The molecular weight excluding hydrogens is 799 g/mol. The number of hydrogen-bond acceptors (Lipinski definition) is 10. The van der Waals surface area contributed by atoms with E-state index in [1.54, 1.807) is 24.3 Å². The van der Waals surface area contributed by atoms with E-state index in [0.717, 1.165) is 3.57 Å². The van der Waals surface area contributed by atoms with Crippen molar-refractivity contribution in [2.75, 3.05) is 55.9 Å². The predicted octanol–water partition coefficient (Wildman–Crippen LogP) is 8.60. The minimum absolute atomic E-state index is 0.131. The van der Waals surface area contributed by atoms with Crippen LogP contribution in [-0.2, 0) is 18.3 Å². The van der Waals surface area contributed by atoms with E-state index in [-0.39, 0.29) is 10.1 Å². The second-order valence-corrected chi connectivity index (χ2v) is 24.7. The molecule has 13 heteroatoms. The summed E-state index contributed by atoms with van der Waals surface area (Å²) in [7, 11) is 5.37. The third-order valence-electron chi connectivity index (χ3n) is 8.64. The van der Waals surface area contributed by atoms with Gasteiger partial charge in [0.05, 0.1) is 70.6 Å². The van der Waals surface area contributed by atoms with E-state index in [2.05, 4.69) is 113 Å². The van der Waals surface area contributed by atoms with Gasteiger partial charge in [0.1, 0.15) is 28.6 Å². The molecule has 0 N–H and O–H groups in total. The minimum atomic E-state index is -1.84. The van der Waals surface area contributed by atoms with E-state index in [1.807, 2.05) is 0 Å². The van der Waals surface area contributed by atoms with E-state index in [0.29, 0.717) is 52.9 Å². The molecule has 2 rings (SSSR count). The van der Waals surface area contributed by atoms with Crippen molar-refractivity contribution in [2.24, 2.45) is 0 Å². The fraction of sp³-hybridized carbons (Fsp3) is 0.526. The number of esters is 2. The van der Waals surface area contributed by atoms with E-state index < -0.39 is 28.6 Å². The number of halogens is 1. The lowest BCUT2D eigenvalue weighted by molar-refractivity contribution is 0.0591. The average Bonchev–Trinajstić information content (AvgIpc) is 3.07. The van der Waals surface area contributed by atoms with E-state index in [4.69, 9.17) is 39.0 Å². The highest BCUT2D eigenvalue weighted by Crippen LogP contribution is 2.37. The molecule has 284 valence electrons. The normalized spacial score (nSPS) is 11.1. The summed E-state index contributed by atoms with van der Waals surface area (Å²) in [4.78, 5) is 23.1. The first-order valence-corrected chi connectivity index (χ1v) is 23.0. The van der Waals surface area contributed by atoms with E-state index in [9.17, 15) is 9.59 Å². The van der Waals surface area contributed by atoms with Crippen molar-refractivity contribution in [3.05, 3.63) is 44.5 Å². The maximum Gasteiger partial charge on any atom is 0.338 e. The van der Waals surface area contributed by atoms with Gasteiger partial charge in [0, 0.05) is 0 Å². The van der Waals surface area contributed by atoms with Gasteiger partial charge < -0.3 is 37.3 Å². The molecule has 2 aromatic rings. The Bertz CT molecular complexity index is 1510. The van der Waals surface area contributed by atoms with Gasteiger partial charge in [-0.05, 0) is 83.1 Å². The maximum atomic E-state index is 11.7. The average molecular weight is 857 g/mol. The fourth-order valence-electron chi connectivity index (χ4n) is 3.37. The number of terminal acetylenes is 1. The Hall–Kier alpha value is -3.22. The molecule has 0 aliphatic rings. The van der Waals surface area contributed by atoms with Crippen molar-refractivity contribution in [1.29, 1.82) is 0 Å². The van der Waals surface area contributed by atoms with Gasteiger partial charge in [-0.3, -0.25) is 0 Å². The number of benzene rings is 2. The molecule has 0 aliphatic carbocycles. The van der Waals surface area contributed by atoms with Gasteiger partial charge in [0.2, 0.25) is 0 Å². The third-order valence-corrected chi connectivity index (χ3v) is 18.7. The first kappa shape index (κ1) is 47.8. The topological polar surface area (TPSA) is 108 Å². The molecule has 0 fully saturated rings. The first-order valence-electron chi connectivity index (χ1n) is 16.1. The van der Waals surface area contributed by atoms with Crippen LogP contribution >= 0.6 is 22.6 Å². The minimum Gasteiger partial charge on any atom is -0.495 e. The monoisotopic (exact) mass is 856 g/mol. The highest BCUT2D eigenvalue weighted by molar-refractivity contribution is 14.1. The molecule has 0 saturated heterocycles. The van der Waals surface area contributed by atoms with Crippen molar-refractivity contribution in [2.45, 2.75) is 77.8 Å². The maximum absolute atomic E-state index is 11.7. The molecule has 2 aromatic carbocycles. The molecule has 0 saturated carbocycles. The molecular formula is C38H57IO10Si2. The number of ether oxygens (including phenoxy) is 6. The molecule has 0 spiro atoms. The van der Waals surface area contributed by atoms with Crippen LogP contribution in [0.25, 0.3) is 0 Å². The van der Waals surface area contributed by atoms with Crippen molar-refractivity contribution in [3.63, 3.8) is 0 Å². The summed E-state index contributed by atoms with van der Waals surface area (Å²) in [6, 6.07) is 6.42. The molecule has 0 radical (unpaired) electrons. The quantitative estimate of drug-likeness (QED) is 0.0999. The van der Waals surface area contributed by atoms with Crippen molar-refractivity contribution in [3.8, 4) is 47.2 Å². The third kappa shape index (κ3) is 14.7. The molecule has 0 aromatic heterocycles. The Morgan fingerprint density at radius 1 is 0.647 bits per heavy atom. The van der Waals surface area contributed by atoms with Crippen LogP contribution in [0.4, 0.5) is 0 Å². The number of methoxy groups -OCH3 is 6. The number of carbonyl (C=O) groups excluding carboxylic acids is 2. The van der Waals surface area contributed by atoms with Gasteiger partial charge >= 0.3 is 11.9 Å². The number of hydrogen-bond donors (Lipinski definition) is 0. The zero-order valence-corrected chi connectivity index (χ0v) is 37.4.